The summed E-state index contributed by atoms with van der Waals surface area (Å²) in [4.78, 5) is 20.3. The first-order valence-electron chi connectivity index (χ1n) is 7.74. The van der Waals surface area contributed by atoms with E-state index < -0.39 is 6.09 Å². The molecule has 1 saturated carbocycles. The standard InChI is InChI=1S/C17H19N3O3/c21-14-8-6-13(7-9-14)20-17(22)23-15-10-18-16(19-11-15)12-4-2-1-3-5-12/h1-5,10-11,13-14,21H,6-9H2,(H,20,22). The van der Waals surface area contributed by atoms with Crippen LogP contribution in [0.2, 0.25) is 0 Å². The zero-order valence-corrected chi connectivity index (χ0v) is 12.7. The van der Waals surface area contributed by atoms with Crippen molar-refractivity contribution in [3.8, 4) is 17.1 Å². The Morgan fingerprint density at radius 2 is 1.74 bits per heavy atom. The number of carbonyl (C=O) groups is 1. The largest absolute Gasteiger partial charge is 0.412 e. The predicted octanol–water partition coefficient (Wildman–Crippen LogP) is 2.54. The molecule has 2 N–H and O–H groups in total. The van der Waals surface area contributed by atoms with E-state index in [2.05, 4.69) is 15.3 Å². The lowest BCUT2D eigenvalue weighted by Gasteiger charge is -2.25. The van der Waals surface area contributed by atoms with Crippen molar-refractivity contribution in [2.75, 3.05) is 0 Å². The predicted molar refractivity (Wildman–Crippen MR) is 84.9 cm³/mol. The molecule has 3 rings (SSSR count). The van der Waals surface area contributed by atoms with Crippen LogP contribution in [0, 0.1) is 0 Å². The second kappa shape index (κ2) is 7.19. The van der Waals surface area contributed by atoms with Gasteiger partial charge in [0.25, 0.3) is 0 Å². The zero-order chi connectivity index (χ0) is 16.1. The molecule has 0 bridgehead atoms. The number of aliphatic hydroxyl groups is 1. The number of aliphatic hydroxyl groups excluding tert-OH is 1. The molecule has 6 heteroatoms. The van der Waals surface area contributed by atoms with Crippen molar-refractivity contribution in [1.82, 2.24) is 15.3 Å². The van der Waals surface area contributed by atoms with Gasteiger partial charge < -0.3 is 15.2 Å². The van der Waals surface area contributed by atoms with Crippen LogP contribution in [0.15, 0.2) is 42.7 Å². The van der Waals surface area contributed by atoms with E-state index in [1.54, 1.807) is 0 Å². The minimum absolute atomic E-state index is 0.0513. The molecule has 1 aromatic carbocycles. The summed E-state index contributed by atoms with van der Waals surface area (Å²) in [7, 11) is 0. The van der Waals surface area contributed by atoms with Gasteiger partial charge in [0, 0.05) is 11.6 Å². The van der Waals surface area contributed by atoms with Gasteiger partial charge in [-0.15, -0.1) is 0 Å². The number of benzene rings is 1. The monoisotopic (exact) mass is 313 g/mol. The fourth-order valence-corrected chi connectivity index (χ4v) is 2.63. The van der Waals surface area contributed by atoms with Gasteiger partial charge in [-0.25, -0.2) is 14.8 Å². The lowest BCUT2D eigenvalue weighted by molar-refractivity contribution is 0.115. The van der Waals surface area contributed by atoms with Gasteiger partial charge in [-0.05, 0) is 25.7 Å². The molecule has 2 aromatic rings. The third kappa shape index (κ3) is 4.26. The van der Waals surface area contributed by atoms with E-state index in [4.69, 9.17) is 4.74 Å². The number of amides is 1. The Morgan fingerprint density at radius 1 is 1.09 bits per heavy atom. The summed E-state index contributed by atoms with van der Waals surface area (Å²) in [6, 6.07) is 9.64. The van der Waals surface area contributed by atoms with Gasteiger partial charge in [0.15, 0.2) is 11.6 Å². The number of carbonyl (C=O) groups excluding carboxylic acids is 1. The number of hydrogen-bond acceptors (Lipinski definition) is 5. The number of aromatic nitrogens is 2. The molecule has 1 aromatic heterocycles. The number of nitrogens with one attached hydrogen (secondary N) is 1. The molecular formula is C17H19N3O3. The molecule has 120 valence electrons. The molecule has 1 aliphatic rings. The van der Waals surface area contributed by atoms with Crippen molar-refractivity contribution in [2.45, 2.75) is 37.8 Å². The maximum absolute atomic E-state index is 11.9. The SMILES string of the molecule is O=C(NC1CCC(O)CC1)Oc1cnc(-c2ccccc2)nc1. The van der Waals surface area contributed by atoms with Crippen LogP contribution in [0.4, 0.5) is 4.79 Å². The summed E-state index contributed by atoms with van der Waals surface area (Å²) in [5.41, 5.74) is 0.907. The van der Waals surface area contributed by atoms with Gasteiger partial charge in [-0.2, -0.15) is 0 Å². The van der Waals surface area contributed by atoms with Crippen molar-refractivity contribution in [3.63, 3.8) is 0 Å². The maximum Gasteiger partial charge on any atom is 0.412 e. The molecule has 0 unspecified atom stereocenters. The average molecular weight is 313 g/mol. The van der Waals surface area contributed by atoms with Crippen LogP contribution in [0.1, 0.15) is 25.7 Å². The Kier molecular flexibility index (Phi) is 4.83. The van der Waals surface area contributed by atoms with Crippen LogP contribution >= 0.6 is 0 Å². The molecule has 0 aliphatic heterocycles. The van der Waals surface area contributed by atoms with E-state index >= 15 is 0 Å². The molecule has 1 heterocycles. The van der Waals surface area contributed by atoms with Crippen molar-refractivity contribution in [2.24, 2.45) is 0 Å². The number of nitrogens with zero attached hydrogens (tertiary/aromatic N) is 2. The fraction of sp³-hybridized carbons (Fsp3) is 0.353. The smallest absolute Gasteiger partial charge is 0.407 e. The highest BCUT2D eigenvalue weighted by Crippen LogP contribution is 2.19. The Balaban J connectivity index is 1.55. The summed E-state index contributed by atoms with van der Waals surface area (Å²) < 4.78 is 5.20. The molecule has 0 atom stereocenters. The van der Waals surface area contributed by atoms with Crippen molar-refractivity contribution in [1.29, 1.82) is 0 Å². The van der Waals surface area contributed by atoms with Crippen molar-refractivity contribution in [3.05, 3.63) is 42.7 Å². The lowest BCUT2D eigenvalue weighted by Crippen LogP contribution is -2.40. The van der Waals surface area contributed by atoms with E-state index in [0.29, 0.717) is 24.4 Å². The van der Waals surface area contributed by atoms with E-state index in [-0.39, 0.29) is 12.1 Å². The Bertz CT molecular complexity index is 638. The van der Waals surface area contributed by atoms with Crippen molar-refractivity contribution >= 4 is 6.09 Å². The molecule has 1 amide bonds. The molecule has 6 nitrogen and oxygen atoms in total. The second-order valence-corrected chi connectivity index (χ2v) is 5.65. The van der Waals surface area contributed by atoms with E-state index in [0.717, 1.165) is 18.4 Å². The lowest BCUT2D eigenvalue weighted by atomic mass is 9.93. The summed E-state index contributed by atoms with van der Waals surface area (Å²) >= 11 is 0. The minimum Gasteiger partial charge on any atom is -0.407 e. The van der Waals surface area contributed by atoms with Crippen LogP contribution < -0.4 is 10.1 Å². The summed E-state index contributed by atoms with van der Waals surface area (Å²) in [6.07, 6.45) is 5.16. The first-order chi connectivity index (χ1) is 11.2. The van der Waals surface area contributed by atoms with Gasteiger partial charge in [0.1, 0.15) is 0 Å². The Labute approximate surface area is 134 Å². The van der Waals surface area contributed by atoms with Crippen LogP contribution in [-0.4, -0.2) is 33.3 Å². The highest BCUT2D eigenvalue weighted by molar-refractivity contribution is 5.70. The zero-order valence-electron chi connectivity index (χ0n) is 12.7. The first-order valence-corrected chi connectivity index (χ1v) is 7.74. The van der Waals surface area contributed by atoms with Crippen LogP contribution in [0.5, 0.6) is 5.75 Å². The normalized spacial score (nSPS) is 20.7. The van der Waals surface area contributed by atoms with Crippen LogP contribution in [0.25, 0.3) is 11.4 Å². The van der Waals surface area contributed by atoms with Crippen LogP contribution in [-0.2, 0) is 0 Å². The third-order valence-corrected chi connectivity index (χ3v) is 3.89. The number of rotatable bonds is 3. The average Bonchev–Trinajstić information content (AvgIpc) is 2.58. The van der Waals surface area contributed by atoms with Gasteiger partial charge in [-0.3, -0.25) is 0 Å². The minimum atomic E-state index is -0.512. The molecule has 23 heavy (non-hydrogen) atoms. The quantitative estimate of drug-likeness (QED) is 0.909. The van der Waals surface area contributed by atoms with Gasteiger partial charge in [-0.1, -0.05) is 30.3 Å². The topological polar surface area (TPSA) is 84.3 Å². The van der Waals surface area contributed by atoms with E-state index in [1.165, 1.54) is 12.4 Å². The molecular weight excluding hydrogens is 294 g/mol. The number of hydrogen-bond donors (Lipinski definition) is 2. The van der Waals surface area contributed by atoms with E-state index in [9.17, 15) is 9.90 Å². The third-order valence-electron chi connectivity index (χ3n) is 3.89. The number of ether oxygens (including phenoxy) is 1. The maximum atomic E-state index is 11.9. The highest BCUT2D eigenvalue weighted by atomic mass is 16.6. The first kappa shape index (κ1) is 15.4. The Morgan fingerprint density at radius 3 is 2.39 bits per heavy atom. The second-order valence-electron chi connectivity index (χ2n) is 5.65. The summed E-state index contributed by atoms with van der Waals surface area (Å²) in [5.74, 6) is 0.887. The van der Waals surface area contributed by atoms with Crippen molar-refractivity contribution < 1.29 is 14.6 Å². The molecule has 0 spiro atoms. The van der Waals surface area contributed by atoms with Gasteiger partial charge in [0.2, 0.25) is 0 Å². The van der Waals surface area contributed by atoms with E-state index in [1.807, 2.05) is 30.3 Å². The van der Waals surface area contributed by atoms with Crippen LogP contribution in [0.3, 0.4) is 0 Å². The molecule has 1 aliphatic carbocycles. The van der Waals surface area contributed by atoms with Gasteiger partial charge in [0.05, 0.1) is 18.5 Å². The molecule has 1 fully saturated rings. The summed E-state index contributed by atoms with van der Waals surface area (Å²) in [5, 5.41) is 12.3. The fourth-order valence-electron chi connectivity index (χ4n) is 2.63. The highest BCUT2D eigenvalue weighted by Gasteiger charge is 2.21. The Hall–Kier alpha value is -2.47. The molecule has 0 saturated heterocycles. The summed E-state index contributed by atoms with van der Waals surface area (Å²) in [6.45, 7) is 0. The van der Waals surface area contributed by atoms with Gasteiger partial charge >= 0.3 is 6.09 Å². The molecule has 0 radical (unpaired) electrons.